The third kappa shape index (κ3) is 2.60. The van der Waals surface area contributed by atoms with Crippen molar-refractivity contribution in [1.82, 2.24) is 0 Å². The lowest BCUT2D eigenvalue weighted by Gasteiger charge is -2.10. The van der Waals surface area contributed by atoms with Crippen molar-refractivity contribution in [1.29, 1.82) is 0 Å². The molecule has 0 radical (unpaired) electrons. The van der Waals surface area contributed by atoms with Gasteiger partial charge < -0.3 is 16.3 Å². The highest BCUT2D eigenvalue weighted by Gasteiger charge is 2.25. The molecule has 0 spiro atoms. The van der Waals surface area contributed by atoms with Gasteiger partial charge in [-0.3, -0.25) is 0 Å². The molecule has 100 valence electrons. The summed E-state index contributed by atoms with van der Waals surface area (Å²) in [6.07, 6.45) is -0.143. The van der Waals surface area contributed by atoms with Crippen molar-refractivity contribution >= 4 is 11.5 Å². The first kappa shape index (κ1) is 14.0. The van der Waals surface area contributed by atoms with Gasteiger partial charge in [0.15, 0.2) is 23.3 Å². The standard InChI is InChI=1S/C9H8F5N3O/c10-4-5(11)7(13)9(8(14)6(4)12)16-2-1-3(15)17-18/h16,18H,1-2H2,(H2,15,17). The van der Waals surface area contributed by atoms with Crippen LogP contribution in [0.2, 0.25) is 0 Å². The van der Waals surface area contributed by atoms with E-state index in [4.69, 9.17) is 10.9 Å². The number of nitrogens with one attached hydrogen (secondary N) is 1. The van der Waals surface area contributed by atoms with Crippen LogP contribution in [-0.2, 0) is 0 Å². The highest BCUT2D eigenvalue weighted by molar-refractivity contribution is 5.80. The number of rotatable bonds is 4. The van der Waals surface area contributed by atoms with E-state index in [0.717, 1.165) is 0 Å². The highest BCUT2D eigenvalue weighted by Crippen LogP contribution is 2.26. The number of amidine groups is 1. The second-order valence-electron chi connectivity index (χ2n) is 3.21. The van der Waals surface area contributed by atoms with Crippen molar-refractivity contribution < 1.29 is 27.2 Å². The van der Waals surface area contributed by atoms with E-state index in [-0.39, 0.29) is 18.8 Å². The molecule has 1 aromatic rings. The van der Waals surface area contributed by atoms with Gasteiger partial charge >= 0.3 is 0 Å². The van der Waals surface area contributed by atoms with Crippen LogP contribution in [0.1, 0.15) is 6.42 Å². The van der Waals surface area contributed by atoms with E-state index >= 15 is 0 Å². The topological polar surface area (TPSA) is 70.6 Å². The third-order valence-electron chi connectivity index (χ3n) is 2.02. The second-order valence-corrected chi connectivity index (χ2v) is 3.21. The first-order valence-electron chi connectivity index (χ1n) is 4.61. The Kier molecular flexibility index (Phi) is 4.29. The maximum absolute atomic E-state index is 13.1. The average molecular weight is 269 g/mol. The van der Waals surface area contributed by atoms with Gasteiger partial charge in [-0.1, -0.05) is 5.16 Å². The molecule has 1 rings (SSSR count). The predicted molar refractivity (Wildman–Crippen MR) is 52.7 cm³/mol. The van der Waals surface area contributed by atoms with Gasteiger partial charge in [0, 0.05) is 13.0 Å². The van der Waals surface area contributed by atoms with E-state index in [2.05, 4.69) is 5.16 Å². The largest absolute Gasteiger partial charge is 0.409 e. The summed E-state index contributed by atoms with van der Waals surface area (Å²) in [5.74, 6) is -10.5. The van der Waals surface area contributed by atoms with Crippen LogP contribution in [0.15, 0.2) is 5.16 Å². The molecule has 4 N–H and O–H groups in total. The first-order chi connectivity index (χ1) is 8.40. The molecular weight excluding hydrogens is 261 g/mol. The average Bonchev–Trinajstić information content (AvgIpc) is 2.37. The molecule has 0 atom stereocenters. The van der Waals surface area contributed by atoms with Crippen LogP contribution in [0.25, 0.3) is 0 Å². The normalized spacial score (nSPS) is 11.7. The molecule has 18 heavy (non-hydrogen) atoms. The summed E-state index contributed by atoms with van der Waals surface area (Å²) in [5, 5.41) is 12.7. The zero-order valence-electron chi connectivity index (χ0n) is 8.78. The lowest BCUT2D eigenvalue weighted by atomic mass is 10.2. The summed E-state index contributed by atoms with van der Waals surface area (Å²) in [6.45, 7) is -0.270. The molecule has 0 fully saturated rings. The molecule has 0 bridgehead atoms. The lowest BCUT2D eigenvalue weighted by Crippen LogP contribution is -2.18. The summed E-state index contributed by atoms with van der Waals surface area (Å²) in [7, 11) is 0. The maximum Gasteiger partial charge on any atom is 0.200 e. The second kappa shape index (κ2) is 5.52. The van der Waals surface area contributed by atoms with Crippen molar-refractivity contribution in [2.75, 3.05) is 11.9 Å². The molecule has 0 aromatic heterocycles. The number of nitrogens with two attached hydrogens (primary N) is 1. The van der Waals surface area contributed by atoms with Crippen LogP contribution in [0.4, 0.5) is 27.6 Å². The SMILES string of the molecule is NC(CCNc1c(F)c(F)c(F)c(F)c1F)=NO. The summed E-state index contributed by atoms with van der Waals surface area (Å²) >= 11 is 0. The van der Waals surface area contributed by atoms with E-state index in [9.17, 15) is 22.0 Å². The van der Waals surface area contributed by atoms with Gasteiger partial charge in [-0.2, -0.15) is 0 Å². The number of anilines is 1. The van der Waals surface area contributed by atoms with Gasteiger partial charge in [0.2, 0.25) is 5.82 Å². The molecule has 0 aliphatic carbocycles. The molecule has 9 heteroatoms. The Morgan fingerprint density at radius 1 is 1.00 bits per heavy atom. The lowest BCUT2D eigenvalue weighted by molar-refractivity contribution is 0.317. The molecular formula is C9H8F5N3O. The Labute approximate surface area is 97.9 Å². The van der Waals surface area contributed by atoms with E-state index in [0.29, 0.717) is 0 Å². The van der Waals surface area contributed by atoms with Gasteiger partial charge in [0.1, 0.15) is 11.5 Å². The smallest absolute Gasteiger partial charge is 0.200 e. The Balaban J connectivity index is 2.96. The molecule has 0 aliphatic heterocycles. The molecule has 4 nitrogen and oxygen atoms in total. The molecule has 1 aromatic carbocycles. The van der Waals surface area contributed by atoms with Crippen molar-refractivity contribution in [3.8, 4) is 0 Å². The number of oxime groups is 1. The summed E-state index contributed by atoms with van der Waals surface area (Å²) in [6, 6.07) is 0. The molecule has 0 amide bonds. The summed E-state index contributed by atoms with van der Waals surface area (Å²) in [5.41, 5.74) is 3.91. The van der Waals surface area contributed by atoms with Gasteiger partial charge in [-0.15, -0.1) is 0 Å². The Morgan fingerprint density at radius 3 is 1.89 bits per heavy atom. The third-order valence-corrected chi connectivity index (χ3v) is 2.02. The van der Waals surface area contributed by atoms with Crippen LogP contribution < -0.4 is 11.1 Å². The van der Waals surface area contributed by atoms with E-state index in [1.165, 1.54) is 0 Å². The zero-order chi connectivity index (χ0) is 13.9. The minimum atomic E-state index is -2.23. The van der Waals surface area contributed by atoms with Gasteiger partial charge in [-0.05, 0) is 0 Å². The minimum Gasteiger partial charge on any atom is -0.409 e. The van der Waals surface area contributed by atoms with Crippen molar-refractivity contribution in [2.45, 2.75) is 6.42 Å². The predicted octanol–water partition coefficient (Wildman–Crippen LogP) is 1.93. The molecule has 0 aliphatic rings. The van der Waals surface area contributed by atoms with Crippen LogP contribution in [-0.4, -0.2) is 17.6 Å². The summed E-state index contributed by atoms with van der Waals surface area (Å²) in [4.78, 5) is 0. The minimum absolute atomic E-state index is 0.143. The van der Waals surface area contributed by atoms with Crippen molar-refractivity contribution in [2.24, 2.45) is 10.9 Å². The fraction of sp³-hybridized carbons (Fsp3) is 0.222. The Bertz CT molecular complexity index is 463. The van der Waals surface area contributed by atoms with E-state index < -0.39 is 34.8 Å². The molecule has 0 unspecified atom stereocenters. The van der Waals surface area contributed by atoms with Crippen LogP contribution in [0, 0.1) is 29.1 Å². The summed E-state index contributed by atoms with van der Waals surface area (Å²) < 4.78 is 64.4. The van der Waals surface area contributed by atoms with E-state index in [1.807, 2.05) is 5.32 Å². The van der Waals surface area contributed by atoms with Crippen molar-refractivity contribution in [3.05, 3.63) is 29.1 Å². The first-order valence-corrected chi connectivity index (χ1v) is 4.61. The van der Waals surface area contributed by atoms with Gasteiger partial charge in [0.05, 0.1) is 0 Å². The van der Waals surface area contributed by atoms with Crippen LogP contribution in [0.5, 0.6) is 0 Å². The van der Waals surface area contributed by atoms with E-state index in [1.54, 1.807) is 0 Å². The Hall–Kier alpha value is -2.06. The monoisotopic (exact) mass is 269 g/mol. The molecule has 0 heterocycles. The highest BCUT2D eigenvalue weighted by atomic mass is 19.2. The maximum atomic E-state index is 13.1. The van der Waals surface area contributed by atoms with Crippen LogP contribution in [0.3, 0.4) is 0 Å². The Morgan fingerprint density at radius 2 is 1.44 bits per heavy atom. The number of hydrogen-bond acceptors (Lipinski definition) is 3. The fourth-order valence-electron chi connectivity index (χ4n) is 1.13. The van der Waals surface area contributed by atoms with Gasteiger partial charge in [0.25, 0.3) is 0 Å². The van der Waals surface area contributed by atoms with Crippen molar-refractivity contribution in [3.63, 3.8) is 0 Å². The number of hydrogen-bond donors (Lipinski definition) is 3. The van der Waals surface area contributed by atoms with Crippen LogP contribution >= 0.6 is 0 Å². The number of halogens is 5. The van der Waals surface area contributed by atoms with Gasteiger partial charge in [-0.25, -0.2) is 22.0 Å². The fourth-order valence-corrected chi connectivity index (χ4v) is 1.13. The molecule has 0 saturated heterocycles. The number of nitrogens with zero attached hydrogens (tertiary/aromatic N) is 1. The zero-order valence-corrected chi connectivity index (χ0v) is 8.78. The quantitative estimate of drug-likeness (QED) is 0.149. The molecule has 0 saturated carbocycles. The number of benzene rings is 1.